The summed E-state index contributed by atoms with van der Waals surface area (Å²) in [4.78, 5) is 2.55. The molecule has 0 saturated heterocycles. The second-order valence-electron chi connectivity index (χ2n) is 4.63. The fourth-order valence-electron chi connectivity index (χ4n) is 2.56. The molecule has 1 aliphatic rings. The van der Waals surface area contributed by atoms with Crippen LogP contribution in [0, 0.1) is 0 Å². The van der Waals surface area contributed by atoms with Crippen LogP contribution in [0.25, 0.3) is 0 Å². The van der Waals surface area contributed by atoms with Gasteiger partial charge in [-0.1, -0.05) is 12.8 Å². The van der Waals surface area contributed by atoms with Crippen molar-refractivity contribution in [2.24, 2.45) is 5.73 Å². The molecule has 0 aromatic carbocycles. The summed E-state index contributed by atoms with van der Waals surface area (Å²) < 4.78 is 0. The molecular weight excluding hydrogens is 204 g/mol. The molecule has 1 atom stereocenters. The van der Waals surface area contributed by atoms with E-state index in [0.717, 1.165) is 12.6 Å². The Morgan fingerprint density at radius 3 is 2.60 bits per heavy atom. The van der Waals surface area contributed by atoms with E-state index in [0.29, 0.717) is 6.04 Å². The van der Waals surface area contributed by atoms with Crippen molar-refractivity contribution in [3.63, 3.8) is 0 Å². The fraction of sp³-hybridized carbons (Fsp3) is 1.00. The summed E-state index contributed by atoms with van der Waals surface area (Å²) >= 11 is 1.94. The van der Waals surface area contributed by atoms with Gasteiger partial charge in [0.2, 0.25) is 0 Å². The van der Waals surface area contributed by atoms with Crippen LogP contribution in [0.3, 0.4) is 0 Å². The molecule has 15 heavy (non-hydrogen) atoms. The molecule has 3 heteroatoms. The lowest BCUT2D eigenvalue weighted by Gasteiger charge is -2.32. The van der Waals surface area contributed by atoms with Crippen molar-refractivity contribution < 1.29 is 0 Å². The monoisotopic (exact) mass is 230 g/mol. The lowest BCUT2D eigenvalue weighted by atomic mass is 10.1. The van der Waals surface area contributed by atoms with Crippen LogP contribution in [0.2, 0.25) is 0 Å². The lowest BCUT2D eigenvalue weighted by Crippen LogP contribution is -2.43. The van der Waals surface area contributed by atoms with Crippen LogP contribution in [-0.2, 0) is 0 Å². The van der Waals surface area contributed by atoms with Gasteiger partial charge in [-0.05, 0) is 44.7 Å². The van der Waals surface area contributed by atoms with Gasteiger partial charge in [-0.25, -0.2) is 0 Å². The molecule has 0 aliphatic heterocycles. The summed E-state index contributed by atoms with van der Waals surface area (Å²) in [7, 11) is 2.27. The first kappa shape index (κ1) is 13.3. The van der Waals surface area contributed by atoms with Gasteiger partial charge in [0.05, 0.1) is 0 Å². The van der Waals surface area contributed by atoms with Gasteiger partial charge in [-0.2, -0.15) is 11.8 Å². The predicted molar refractivity (Wildman–Crippen MR) is 70.5 cm³/mol. The van der Waals surface area contributed by atoms with E-state index in [2.05, 4.69) is 18.2 Å². The SMILES string of the molecule is CSCCCC(CN)N(C)C1CCCC1. The van der Waals surface area contributed by atoms with Crippen LogP contribution >= 0.6 is 11.8 Å². The first-order valence-electron chi connectivity index (χ1n) is 6.20. The van der Waals surface area contributed by atoms with Gasteiger partial charge in [0.1, 0.15) is 0 Å². The van der Waals surface area contributed by atoms with E-state index in [1.807, 2.05) is 11.8 Å². The van der Waals surface area contributed by atoms with Gasteiger partial charge in [0.25, 0.3) is 0 Å². The Morgan fingerprint density at radius 2 is 2.07 bits per heavy atom. The Balaban J connectivity index is 2.28. The predicted octanol–water partition coefficient (Wildman–Crippen LogP) is 2.33. The number of nitrogens with two attached hydrogens (primary N) is 1. The highest BCUT2D eigenvalue weighted by Gasteiger charge is 2.24. The molecule has 2 N–H and O–H groups in total. The molecule has 0 spiro atoms. The summed E-state index contributed by atoms with van der Waals surface area (Å²) in [6.07, 6.45) is 10.3. The maximum absolute atomic E-state index is 5.88. The Morgan fingerprint density at radius 1 is 1.40 bits per heavy atom. The summed E-state index contributed by atoms with van der Waals surface area (Å²) in [6, 6.07) is 1.42. The summed E-state index contributed by atoms with van der Waals surface area (Å²) in [5.41, 5.74) is 5.88. The summed E-state index contributed by atoms with van der Waals surface area (Å²) in [6.45, 7) is 0.821. The van der Waals surface area contributed by atoms with Gasteiger partial charge in [-0.3, -0.25) is 4.90 Å². The third kappa shape index (κ3) is 4.33. The molecule has 1 rings (SSSR count). The lowest BCUT2D eigenvalue weighted by molar-refractivity contribution is 0.170. The number of nitrogens with zero attached hydrogens (tertiary/aromatic N) is 1. The highest BCUT2D eigenvalue weighted by molar-refractivity contribution is 7.98. The maximum atomic E-state index is 5.88. The van der Waals surface area contributed by atoms with E-state index >= 15 is 0 Å². The van der Waals surface area contributed by atoms with Crippen LogP contribution in [0.1, 0.15) is 38.5 Å². The summed E-state index contributed by atoms with van der Waals surface area (Å²) in [5, 5.41) is 0. The zero-order chi connectivity index (χ0) is 11.1. The molecule has 1 aliphatic carbocycles. The topological polar surface area (TPSA) is 29.3 Å². The molecule has 0 aromatic rings. The van der Waals surface area contributed by atoms with Crippen LogP contribution in [0.5, 0.6) is 0 Å². The van der Waals surface area contributed by atoms with Crippen molar-refractivity contribution in [3.05, 3.63) is 0 Å². The van der Waals surface area contributed by atoms with Gasteiger partial charge in [0, 0.05) is 18.6 Å². The quantitative estimate of drug-likeness (QED) is 0.681. The molecule has 0 radical (unpaired) electrons. The van der Waals surface area contributed by atoms with Gasteiger partial charge in [-0.15, -0.1) is 0 Å². The smallest absolute Gasteiger partial charge is 0.0218 e. The van der Waals surface area contributed by atoms with Crippen LogP contribution < -0.4 is 5.73 Å². The Bertz CT molecular complexity index is 158. The van der Waals surface area contributed by atoms with Gasteiger partial charge >= 0.3 is 0 Å². The average Bonchev–Trinajstić information content (AvgIpc) is 2.77. The molecule has 1 saturated carbocycles. The molecule has 2 nitrogen and oxygen atoms in total. The van der Waals surface area contributed by atoms with Crippen molar-refractivity contribution in [2.75, 3.05) is 25.6 Å². The van der Waals surface area contributed by atoms with Crippen molar-refractivity contribution in [3.8, 4) is 0 Å². The first-order valence-corrected chi connectivity index (χ1v) is 7.60. The average molecular weight is 230 g/mol. The number of thioether (sulfide) groups is 1. The molecule has 0 bridgehead atoms. The van der Waals surface area contributed by atoms with Crippen molar-refractivity contribution in [1.29, 1.82) is 0 Å². The van der Waals surface area contributed by atoms with E-state index in [4.69, 9.17) is 5.73 Å². The third-order valence-electron chi connectivity index (χ3n) is 3.63. The third-order valence-corrected chi connectivity index (χ3v) is 4.33. The van der Waals surface area contributed by atoms with E-state index in [-0.39, 0.29) is 0 Å². The molecule has 1 fully saturated rings. The van der Waals surface area contributed by atoms with Crippen LogP contribution in [-0.4, -0.2) is 42.6 Å². The zero-order valence-electron chi connectivity index (χ0n) is 10.2. The van der Waals surface area contributed by atoms with Gasteiger partial charge in [0.15, 0.2) is 0 Å². The highest BCUT2D eigenvalue weighted by Crippen LogP contribution is 2.24. The standard InChI is InChI=1S/C12H26N2S/c1-14(11-6-3-4-7-11)12(10-13)8-5-9-15-2/h11-12H,3-10,13H2,1-2H3. The maximum Gasteiger partial charge on any atom is 0.0218 e. The Kier molecular flexibility index (Phi) is 6.69. The first-order chi connectivity index (χ1) is 7.29. The second-order valence-corrected chi connectivity index (χ2v) is 5.61. The summed E-state index contributed by atoms with van der Waals surface area (Å²) in [5.74, 6) is 1.27. The number of rotatable bonds is 7. The zero-order valence-corrected chi connectivity index (χ0v) is 11.1. The van der Waals surface area contributed by atoms with E-state index in [9.17, 15) is 0 Å². The van der Waals surface area contributed by atoms with E-state index in [1.165, 1.54) is 44.3 Å². The molecule has 0 heterocycles. The fourth-order valence-corrected chi connectivity index (χ4v) is 3.02. The Labute approximate surface area is 99.0 Å². The van der Waals surface area contributed by atoms with Crippen molar-refractivity contribution in [2.45, 2.75) is 50.6 Å². The number of likely N-dealkylation sites (N-methyl/N-ethyl adjacent to an activating group) is 1. The minimum Gasteiger partial charge on any atom is -0.329 e. The molecule has 0 amide bonds. The van der Waals surface area contributed by atoms with Crippen LogP contribution in [0.15, 0.2) is 0 Å². The van der Waals surface area contributed by atoms with Crippen molar-refractivity contribution >= 4 is 11.8 Å². The van der Waals surface area contributed by atoms with Crippen molar-refractivity contribution in [1.82, 2.24) is 4.90 Å². The normalized spacial score (nSPS) is 20.0. The van der Waals surface area contributed by atoms with Gasteiger partial charge < -0.3 is 5.73 Å². The minimum atomic E-state index is 0.611. The largest absolute Gasteiger partial charge is 0.329 e. The Hall–Kier alpha value is 0.270. The van der Waals surface area contributed by atoms with E-state index < -0.39 is 0 Å². The molecule has 1 unspecified atom stereocenters. The highest BCUT2D eigenvalue weighted by atomic mass is 32.2. The minimum absolute atomic E-state index is 0.611. The molecule has 90 valence electrons. The second kappa shape index (κ2) is 7.53. The number of hydrogen-bond donors (Lipinski definition) is 1. The molecule has 0 aromatic heterocycles. The van der Waals surface area contributed by atoms with Crippen LogP contribution in [0.4, 0.5) is 0 Å². The van der Waals surface area contributed by atoms with E-state index in [1.54, 1.807) is 0 Å². The molecular formula is C12H26N2S. The number of hydrogen-bond acceptors (Lipinski definition) is 3.